The summed E-state index contributed by atoms with van der Waals surface area (Å²) in [6, 6.07) is 5.74. The topological polar surface area (TPSA) is 56.7 Å². The maximum absolute atomic E-state index is 5.80. The van der Waals surface area contributed by atoms with Crippen molar-refractivity contribution in [3.63, 3.8) is 0 Å². The number of aryl methyl sites for hydroxylation is 2. The van der Waals surface area contributed by atoms with Crippen LogP contribution in [0.15, 0.2) is 36.8 Å². The van der Waals surface area contributed by atoms with Gasteiger partial charge < -0.3 is 5.73 Å². The summed E-state index contributed by atoms with van der Waals surface area (Å²) in [5, 5.41) is 5.24. The molecule has 2 heterocycles. The van der Waals surface area contributed by atoms with E-state index in [-0.39, 0.29) is 0 Å². The lowest BCUT2D eigenvalue weighted by molar-refractivity contribution is 0.795. The lowest BCUT2D eigenvalue weighted by Crippen LogP contribution is -1.90. The first-order valence-electron chi connectivity index (χ1n) is 6.29. The molecule has 0 saturated carbocycles. The van der Waals surface area contributed by atoms with Gasteiger partial charge in [-0.3, -0.25) is 9.67 Å². The standard InChI is InChI=1S/C16H14N4/c1-11-3-6-14(17)7-12(11)4-5-13-8-18-10-16-15(13)9-19-20(16)2/h3,6-10H,17H2,1-2H3. The summed E-state index contributed by atoms with van der Waals surface area (Å²) in [6.07, 6.45) is 5.37. The summed E-state index contributed by atoms with van der Waals surface area (Å²) in [4.78, 5) is 4.21. The second-order valence-electron chi connectivity index (χ2n) is 4.71. The van der Waals surface area contributed by atoms with Gasteiger partial charge in [0.05, 0.1) is 23.5 Å². The zero-order chi connectivity index (χ0) is 14.1. The Bertz CT molecular complexity index is 850. The second-order valence-corrected chi connectivity index (χ2v) is 4.71. The molecule has 2 N–H and O–H groups in total. The highest BCUT2D eigenvalue weighted by molar-refractivity contribution is 5.84. The number of nitrogen functional groups attached to an aromatic ring is 1. The van der Waals surface area contributed by atoms with Crippen LogP contribution in [0.1, 0.15) is 16.7 Å². The van der Waals surface area contributed by atoms with E-state index in [1.807, 2.05) is 38.4 Å². The molecule has 4 heteroatoms. The van der Waals surface area contributed by atoms with E-state index in [1.54, 1.807) is 17.1 Å². The maximum atomic E-state index is 5.80. The fourth-order valence-corrected chi connectivity index (χ4v) is 2.07. The quantitative estimate of drug-likeness (QED) is 0.499. The molecule has 0 bridgehead atoms. The van der Waals surface area contributed by atoms with Crippen molar-refractivity contribution in [3.05, 3.63) is 53.5 Å². The Hall–Kier alpha value is -2.80. The number of aromatic nitrogens is 3. The maximum Gasteiger partial charge on any atom is 0.0874 e. The molecule has 0 amide bonds. The molecule has 3 aromatic rings. The van der Waals surface area contributed by atoms with E-state index in [0.717, 1.165) is 33.3 Å². The monoisotopic (exact) mass is 262 g/mol. The molecule has 20 heavy (non-hydrogen) atoms. The minimum atomic E-state index is 0.720. The molecule has 0 saturated heterocycles. The van der Waals surface area contributed by atoms with Gasteiger partial charge in [-0.15, -0.1) is 0 Å². The van der Waals surface area contributed by atoms with Crippen LogP contribution >= 0.6 is 0 Å². The third-order valence-electron chi connectivity index (χ3n) is 3.27. The van der Waals surface area contributed by atoms with Crippen LogP contribution in [0.2, 0.25) is 0 Å². The Morgan fingerprint density at radius 3 is 2.75 bits per heavy atom. The minimum Gasteiger partial charge on any atom is -0.399 e. The molecule has 0 aliphatic heterocycles. The molecule has 2 aromatic heterocycles. The number of anilines is 1. The molecular formula is C16H14N4. The summed E-state index contributed by atoms with van der Waals surface area (Å²) in [6.45, 7) is 2.02. The first kappa shape index (κ1) is 12.2. The molecule has 0 aliphatic rings. The average Bonchev–Trinajstić information content (AvgIpc) is 2.82. The van der Waals surface area contributed by atoms with Gasteiger partial charge in [0.1, 0.15) is 0 Å². The molecule has 0 aliphatic carbocycles. The lowest BCUT2D eigenvalue weighted by atomic mass is 10.1. The molecule has 3 rings (SSSR count). The highest BCUT2D eigenvalue weighted by Gasteiger charge is 2.03. The Morgan fingerprint density at radius 1 is 1.10 bits per heavy atom. The Morgan fingerprint density at radius 2 is 1.90 bits per heavy atom. The van der Waals surface area contributed by atoms with Crippen LogP contribution < -0.4 is 5.73 Å². The van der Waals surface area contributed by atoms with E-state index in [9.17, 15) is 0 Å². The van der Waals surface area contributed by atoms with Crippen LogP contribution in [0.3, 0.4) is 0 Å². The number of hydrogen-bond acceptors (Lipinski definition) is 3. The highest BCUT2D eigenvalue weighted by Crippen LogP contribution is 2.16. The van der Waals surface area contributed by atoms with Crippen molar-refractivity contribution in [2.24, 2.45) is 7.05 Å². The van der Waals surface area contributed by atoms with Crippen LogP contribution in [0.5, 0.6) is 0 Å². The second kappa shape index (κ2) is 4.71. The van der Waals surface area contributed by atoms with E-state index in [2.05, 4.69) is 21.9 Å². The van der Waals surface area contributed by atoms with E-state index in [4.69, 9.17) is 5.73 Å². The van der Waals surface area contributed by atoms with Gasteiger partial charge in [0.2, 0.25) is 0 Å². The SMILES string of the molecule is Cc1ccc(N)cc1C#Cc1cncc2c1cnn2C. The van der Waals surface area contributed by atoms with Gasteiger partial charge in [-0.2, -0.15) is 5.10 Å². The zero-order valence-corrected chi connectivity index (χ0v) is 11.4. The van der Waals surface area contributed by atoms with Gasteiger partial charge in [0.25, 0.3) is 0 Å². The molecule has 98 valence electrons. The predicted molar refractivity (Wildman–Crippen MR) is 80.1 cm³/mol. The summed E-state index contributed by atoms with van der Waals surface area (Å²) in [5.74, 6) is 6.33. The number of nitrogens with zero attached hydrogens (tertiary/aromatic N) is 3. The van der Waals surface area contributed by atoms with Crippen LogP contribution in [0.4, 0.5) is 5.69 Å². The fraction of sp³-hybridized carbons (Fsp3) is 0.125. The molecular weight excluding hydrogens is 248 g/mol. The van der Waals surface area contributed by atoms with Crippen molar-refractivity contribution in [1.29, 1.82) is 0 Å². The van der Waals surface area contributed by atoms with E-state index in [0.29, 0.717) is 0 Å². The summed E-state index contributed by atoms with van der Waals surface area (Å²) < 4.78 is 1.79. The summed E-state index contributed by atoms with van der Waals surface area (Å²) in [5.41, 5.74) is 10.4. The smallest absolute Gasteiger partial charge is 0.0874 e. The van der Waals surface area contributed by atoms with Crippen molar-refractivity contribution < 1.29 is 0 Å². The van der Waals surface area contributed by atoms with Crippen molar-refractivity contribution in [1.82, 2.24) is 14.8 Å². The summed E-state index contributed by atoms with van der Waals surface area (Å²) >= 11 is 0. The third kappa shape index (κ3) is 2.10. The van der Waals surface area contributed by atoms with E-state index >= 15 is 0 Å². The highest BCUT2D eigenvalue weighted by atomic mass is 15.2. The van der Waals surface area contributed by atoms with Crippen LogP contribution in [0, 0.1) is 18.8 Å². The number of benzene rings is 1. The van der Waals surface area contributed by atoms with Crippen LogP contribution in [-0.2, 0) is 7.05 Å². The number of rotatable bonds is 0. The molecule has 0 radical (unpaired) electrons. The normalized spacial score (nSPS) is 10.3. The molecule has 0 spiro atoms. The lowest BCUT2D eigenvalue weighted by Gasteiger charge is -1.99. The van der Waals surface area contributed by atoms with Crippen LogP contribution in [0.25, 0.3) is 10.9 Å². The fourth-order valence-electron chi connectivity index (χ4n) is 2.07. The van der Waals surface area contributed by atoms with Gasteiger partial charge in [-0.05, 0) is 24.6 Å². The number of pyridine rings is 1. The van der Waals surface area contributed by atoms with Gasteiger partial charge in [0, 0.05) is 29.9 Å². The Balaban J connectivity index is 2.10. The number of fused-ring (bicyclic) bond motifs is 1. The van der Waals surface area contributed by atoms with E-state index in [1.165, 1.54) is 0 Å². The summed E-state index contributed by atoms with van der Waals surface area (Å²) in [7, 11) is 1.89. The first-order chi connectivity index (χ1) is 9.65. The van der Waals surface area contributed by atoms with Gasteiger partial charge in [-0.25, -0.2) is 0 Å². The third-order valence-corrected chi connectivity index (χ3v) is 3.27. The number of nitrogens with two attached hydrogens (primary N) is 1. The average molecular weight is 262 g/mol. The first-order valence-corrected chi connectivity index (χ1v) is 6.29. The molecule has 0 fully saturated rings. The predicted octanol–water partition coefficient (Wildman–Crippen LogP) is 2.26. The van der Waals surface area contributed by atoms with Crippen molar-refractivity contribution in [2.75, 3.05) is 5.73 Å². The van der Waals surface area contributed by atoms with E-state index < -0.39 is 0 Å². The minimum absolute atomic E-state index is 0.720. The largest absolute Gasteiger partial charge is 0.399 e. The van der Waals surface area contributed by atoms with Gasteiger partial charge in [0.15, 0.2) is 0 Å². The molecule has 0 unspecified atom stereocenters. The van der Waals surface area contributed by atoms with Crippen molar-refractivity contribution in [3.8, 4) is 11.8 Å². The zero-order valence-electron chi connectivity index (χ0n) is 11.4. The molecule has 0 atom stereocenters. The molecule has 1 aromatic carbocycles. The Labute approximate surface area is 117 Å². The molecule has 4 nitrogen and oxygen atoms in total. The van der Waals surface area contributed by atoms with Gasteiger partial charge in [-0.1, -0.05) is 17.9 Å². The van der Waals surface area contributed by atoms with Crippen molar-refractivity contribution >= 4 is 16.6 Å². The van der Waals surface area contributed by atoms with Crippen molar-refractivity contribution in [2.45, 2.75) is 6.92 Å². The number of hydrogen-bond donors (Lipinski definition) is 1. The van der Waals surface area contributed by atoms with Crippen LogP contribution in [-0.4, -0.2) is 14.8 Å². The Kier molecular flexibility index (Phi) is 2.88. The van der Waals surface area contributed by atoms with Gasteiger partial charge >= 0.3 is 0 Å².